The van der Waals surface area contributed by atoms with Gasteiger partial charge in [-0.05, 0) is 41.2 Å². The van der Waals surface area contributed by atoms with Crippen LogP contribution in [-0.2, 0) is 16.0 Å². The van der Waals surface area contributed by atoms with E-state index in [0.29, 0.717) is 0 Å². The van der Waals surface area contributed by atoms with Crippen LogP contribution < -0.4 is 0 Å². The van der Waals surface area contributed by atoms with E-state index in [0.717, 1.165) is 12.0 Å². The first kappa shape index (κ1) is 12.0. The number of hydrogen-bond donors (Lipinski definition) is 0. The molecule has 0 saturated carbocycles. The van der Waals surface area contributed by atoms with Crippen molar-refractivity contribution in [3.8, 4) is 11.1 Å². The van der Waals surface area contributed by atoms with Gasteiger partial charge in [-0.1, -0.05) is 42.5 Å². The van der Waals surface area contributed by atoms with Crippen molar-refractivity contribution in [2.45, 2.75) is 26.4 Å². The fourth-order valence-electron chi connectivity index (χ4n) is 2.73. The van der Waals surface area contributed by atoms with Crippen LogP contribution in [0.15, 0.2) is 42.5 Å². The van der Waals surface area contributed by atoms with E-state index in [4.69, 9.17) is 4.74 Å². The smallest absolute Gasteiger partial charge is 0.303 e. The summed E-state index contributed by atoms with van der Waals surface area (Å²) in [5.41, 5.74) is 6.37. The highest BCUT2D eigenvalue weighted by Crippen LogP contribution is 2.37. The summed E-state index contributed by atoms with van der Waals surface area (Å²) >= 11 is 0. The van der Waals surface area contributed by atoms with Crippen LogP contribution in [-0.4, -0.2) is 5.97 Å². The van der Waals surface area contributed by atoms with Crippen LogP contribution in [0.5, 0.6) is 0 Å². The summed E-state index contributed by atoms with van der Waals surface area (Å²) in [7, 11) is 0. The molecular formula is C17H16O2. The second kappa shape index (κ2) is 4.54. The van der Waals surface area contributed by atoms with Gasteiger partial charge in [0.05, 0.1) is 0 Å². The van der Waals surface area contributed by atoms with E-state index in [1.165, 1.54) is 29.2 Å². The summed E-state index contributed by atoms with van der Waals surface area (Å²) in [5.74, 6) is -0.240. The average molecular weight is 252 g/mol. The molecule has 0 spiro atoms. The lowest BCUT2D eigenvalue weighted by molar-refractivity contribution is -0.145. The highest BCUT2D eigenvalue weighted by molar-refractivity contribution is 5.77. The minimum atomic E-state index is -0.240. The van der Waals surface area contributed by atoms with Gasteiger partial charge in [0.1, 0.15) is 6.10 Å². The second-order valence-electron chi connectivity index (χ2n) is 5.00. The maximum absolute atomic E-state index is 11.0. The van der Waals surface area contributed by atoms with Crippen molar-refractivity contribution >= 4 is 5.97 Å². The Labute approximate surface area is 113 Å². The Hall–Kier alpha value is -2.09. The topological polar surface area (TPSA) is 26.3 Å². The zero-order chi connectivity index (χ0) is 13.4. The summed E-state index contributed by atoms with van der Waals surface area (Å²) in [6.45, 7) is 3.35. The molecule has 2 aromatic carbocycles. The van der Waals surface area contributed by atoms with Gasteiger partial charge in [-0.25, -0.2) is 0 Å². The van der Waals surface area contributed by atoms with Crippen LogP contribution in [0.3, 0.4) is 0 Å². The molecule has 2 aromatic rings. The molecule has 1 aliphatic carbocycles. The van der Waals surface area contributed by atoms with Crippen molar-refractivity contribution in [1.29, 1.82) is 0 Å². The Bertz CT molecular complexity index is 643. The zero-order valence-corrected chi connectivity index (χ0v) is 11.1. The van der Waals surface area contributed by atoms with Crippen LogP contribution >= 0.6 is 0 Å². The SMILES string of the molecule is CC(=O)O[C@H](C)c1ccc2c(c1)Cc1ccccc1-2. The Morgan fingerprint density at radius 2 is 1.84 bits per heavy atom. The molecule has 2 nitrogen and oxygen atoms in total. The van der Waals surface area contributed by atoms with Gasteiger partial charge in [-0.2, -0.15) is 0 Å². The predicted octanol–water partition coefficient (Wildman–Crippen LogP) is 3.88. The Morgan fingerprint density at radius 1 is 1.11 bits per heavy atom. The van der Waals surface area contributed by atoms with Gasteiger partial charge in [0.2, 0.25) is 0 Å². The lowest BCUT2D eigenvalue weighted by Gasteiger charge is -2.13. The van der Waals surface area contributed by atoms with E-state index >= 15 is 0 Å². The van der Waals surface area contributed by atoms with Gasteiger partial charge in [-0.3, -0.25) is 4.79 Å². The standard InChI is InChI=1S/C17H16O2/c1-11(19-12(2)18)13-7-8-17-15(9-13)10-14-5-3-4-6-16(14)17/h3-9,11H,10H2,1-2H3/t11-/m1/s1. The molecule has 96 valence electrons. The molecule has 0 bridgehead atoms. The first-order valence-electron chi connectivity index (χ1n) is 6.53. The van der Waals surface area contributed by atoms with Crippen molar-refractivity contribution in [1.82, 2.24) is 0 Å². The molecule has 0 aliphatic heterocycles. The molecule has 0 saturated heterocycles. The van der Waals surface area contributed by atoms with Gasteiger partial charge in [-0.15, -0.1) is 0 Å². The summed E-state index contributed by atoms with van der Waals surface area (Å²) in [4.78, 5) is 11.0. The molecule has 0 N–H and O–H groups in total. The van der Waals surface area contributed by atoms with E-state index in [9.17, 15) is 4.79 Å². The van der Waals surface area contributed by atoms with Crippen molar-refractivity contribution < 1.29 is 9.53 Å². The number of fused-ring (bicyclic) bond motifs is 3. The summed E-state index contributed by atoms with van der Waals surface area (Å²) < 4.78 is 5.23. The molecule has 3 rings (SSSR count). The Balaban J connectivity index is 1.95. The largest absolute Gasteiger partial charge is 0.458 e. The maximum atomic E-state index is 11.0. The third-order valence-corrected chi connectivity index (χ3v) is 3.63. The highest BCUT2D eigenvalue weighted by atomic mass is 16.5. The van der Waals surface area contributed by atoms with Crippen molar-refractivity contribution in [3.63, 3.8) is 0 Å². The number of carbonyl (C=O) groups excluding carboxylic acids is 1. The van der Waals surface area contributed by atoms with Crippen molar-refractivity contribution in [2.24, 2.45) is 0 Å². The van der Waals surface area contributed by atoms with Gasteiger partial charge >= 0.3 is 5.97 Å². The molecule has 19 heavy (non-hydrogen) atoms. The summed E-state index contributed by atoms with van der Waals surface area (Å²) in [6.07, 6.45) is 0.776. The zero-order valence-electron chi connectivity index (χ0n) is 11.1. The van der Waals surface area contributed by atoms with Gasteiger partial charge in [0.25, 0.3) is 0 Å². The molecule has 1 aliphatic rings. The second-order valence-corrected chi connectivity index (χ2v) is 5.00. The molecule has 0 aromatic heterocycles. The Morgan fingerprint density at radius 3 is 2.63 bits per heavy atom. The summed E-state index contributed by atoms with van der Waals surface area (Å²) in [5, 5.41) is 0. The minimum absolute atomic E-state index is 0.188. The first-order valence-corrected chi connectivity index (χ1v) is 6.53. The molecule has 0 heterocycles. The van der Waals surface area contributed by atoms with Crippen LogP contribution in [0.1, 0.15) is 36.6 Å². The maximum Gasteiger partial charge on any atom is 0.303 e. The molecule has 0 radical (unpaired) electrons. The van der Waals surface area contributed by atoms with Crippen molar-refractivity contribution in [2.75, 3.05) is 0 Å². The number of hydrogen-bond acceptors (Lipinski definition) is 2. The number of benzene rings is 2. The van der Waals surface area contributed by atoms with Crippen LogP contribution in [0, 0.1) is 0 Å². The lowest BCUT2D eigenvalue weighted by Crippen LogP contribution is -2.05. The number of esters is 1. The van der Waals surface area contributed by atoms with E-state index in [2.05, 4.69) is 42.5 Å². The van der Waals surface area contributed by atoms with E-state index < -0.39 is 0 Å². The highest BCUT2D eigenvalue weighted by Gasteiger charge is 2.19. The van der Waals surface area contributed by atoms with Crippen LogP contribution in [0.25, 0.3) is 11.1 Å². The predicted molar refractivity (Wildman–Crippen MR) is 74.9 cm³/mol. The summed E-state index contributed by atoms with van der Waals surface area (Å²) in [6, 6.07) is 14.8. The van der Waals surface area contributed by atoms with E-state index in [-0.39, 0.29) is 12.1 Å². The molecule has 2 heteroatoms. The van der Waals surface area contributed by atoms with E-state index in [1.807, 2.05) is 6.92 Å². The number of carbonyl (C=O) groups is 1. The minimum Gasteiger partial charge on any atom is -0.458 e. The normalized spacial score (nSPS) is 13.6. The van der Waals surface area contributed by atoms with Gasteiger partial charge < -0.3 is 4.74 Å². The average Bonchev–Trinajstić information content (AvgIpc) is 2.75. The fraction of sp³-hybridized carbons (Fsp3) is 0.235. The Kier molecular flexibility index (Phi) is 2.86. The third-order valence-electron chi connectivity index (χ3n) is 3.63. The molecule has 1 atom stereocenters. The third kappa shape index (κ3) is 2.14. The van der Waals surface area contributed by atoms with Crippen LogP contribution in [0.2, 0.25) is 0 Å². The van der Waals surface area contributed by atoms with Crippen molar-refractivity contribution in [3.05, 3.63) is 59.2 Å². The molecule has 0 fully saturated rings. The van der Waals surface area contributed by atoms with E-state index in [1.54, 1.807) is 0 Å². The van der Waals surface area contributed by atoms with Gasteiger partial charge in [0, 0.05) is 6.92 Å². The monoisotopic (exact) mass is 252 g/mol. The number of ether oxygens (including phenoxy) is 1. The van der Waals surface area contributed by atoms with Crippen LogP contribution in [0.4, 0.5) is 0 Å². The molecule has 0 amide bonds. The molecule has 0 unspecified atom stereocenters. The number of rotatable bonds is 2. The fourth-order valence-corrected chi connectivity index (χ4v) is 2.73. The quantitative estimate of drug-likeness (QED) is 0.647. The lowest BCUT2D eigenvalue weighted by atomic mass is 10.0. The molecular weight excluding hydrogens is 236 g/mol. The van der Waals surface area contributed by atoms with Gasteiger partial charge in [0.15, 0.2) is 0 Å². The first-order chi connectivity index (χ1) is 9.15.